The Morgan fingerprint density at radius 2 is 1.96 bits per heavy atom. The van der Waals surface area contributed by atoms with Crippen LogP contribution in [0, 0.1) is 0 Å². The molecule has 0 radical (unpaired) electrons. The summed E-state index contributed by atoms with van der Waals surface area (Å²) in [6.07, 6.45) is 4.65. The minimum atomic E-state index is -0.144. The number of rotatable bonds is 4. The normalized spacial score (nSPS) is 20.8. The summed E-state index contributed by atoms with van der Waals surface area (Å²) in [5.74, 6) is 0.598. The molecule has 0 aromatic heterocycles. The van der Waals surface area contributed by atoms with E-state index in [2.05, 4.69) is 28.8 Å². The maximum absolute atomic E-state index is 12.4. The van der Waals surface area contributed by atoms with Crippen molar-refractivity contribution in [3.63, 3.8) is 0 Å². The van der Waals surface area contributed by atoms with Gasteiger partial charge in [0.15, 0.2) is 0 Å². The molecule has 2 amide bonds. The number of benzene rings is 2. The van der Waals surface area contributed by atoms with Crippen molar-refractivity contribution in [2.24, 2.45) is 0 Å². The van der Waals surface area contributed by atoms with E-state index in [-0.39, 0.29) is 18.7 Å². The smallest absolute Gasteiger partial charge is 0.315 e. The lowest BCUT2D eigenvalue weighted by atomic mass is 9.84. The van der Waals surface area contributed by atoms with Gasteiger partial charge in [0.1, 0.15) is 0 Å². The monoisotopic (exact) mass is 336 g/mol. The van der Waals surface area contributed by atoms with Crippen molar-refractivity contribution in [2.75, 3.05) is 0 Å². The summed E-state index contributed by atoms with van der Waals surface area (Å²) in [4.78, 5) is 12.4. The van der Waals surface area contributed by atoms with Gasteiger partial charge in [-0.3, -0.25) is 0 Å². The van der Waals surface area contributed by atoms with Crippen LogP contribution in [0.15, 0.2) is 42.5 Å². The van der Waals surface area contributed by atoms with Gasteiger partial charge in [0.25, 0.3) is 0 Å². The highest BCUT2D eigenvalue weighted by atomic mass is 16.3. The van der Waals surface area contributed by atoms with Crippen LogP contribution < -0.4 is 10.6 Å². The van der Waals surface area contributed by atoms with Gasteiger partial charge in [0.05, 0.1) is 12.6 Å². The Balaban J connectivity index is 1.42. The number of urea groups is 1. The van der Waals surface area contributed by atoms with Crippen LogP contribution in [-0.2, 0) is 19.6 Å². The third-order valence-electron chi connectivity index (χ3n) is 5.57. The first-order valence-electron chi connectivity index (χ1n) is 9.10. The standard InChI is InChI=1S/C21H24N2O2/c24-13-17-6-2-1-5-16(17)12-22-21(25)23-19-11-15-9-3-7-14-8-4-10-18(19)20(14)15/h1-2,4-6,8,10,15,19,24H,3,7,9,11-13H2,(H2,22,23,25). The third-order valence-corrected chi connectivity index (χ3v) is 5.57. The Hall–Kier alpha value is -2.33. The maximum Gasteiger partial charge on any atom is 0.315 e. The molecule has 0 heterocycles. The van der Waals surface area contributed by atoms with Gasteiger partial charge in [-0.25, -0.2) is 4.79 Å². The summed E-state index contributed by atoms with van der Waals surface area (Å²) in [7, 11) is 0. The molecule has 0 aliphatic heterocycles. The van der Waals surface area contributed by atoms with Crippen molar-refractivity contribution in [3.8, 4) is 0 Å². The Morgan fingerprint density at radius 1 is 1.12 bits per heavy atom. The molecule has 0 bridgehead atoms. The number of aliphatic hydroxyl groups excluding tert-OH is 1. The lowest BCUT2D eigenvalue weighted by Crippen LogP contribution is -2.37. The fourth-order valence-corrected chi connectivity index (χ4v) is 4.39. The van der Waals surface area contributed by atoms with Crippen molar-refractivity contribution in [3.05, 3.63) is 70.3 Å². The lowest BCUT2D eigenvalue weighted by Gasteiger charge is -2.20. The average molecular weight is 336 g/mol. The van der Waals surface area contributed by atoms with E-state index < -0.39 is 0 Å². The minimum Gasteiger partial charge on any atom is -0.392 e. The second-order valence-corrected chi connectivity index (χ2v) is 7.05. The third kappa shape index (κ3) is 3.14. The molecule has 130 valence electrons. The van der Waals surface area contributed by atoms with Gasteiger partial charge < -0.3 is 15.7 Å². The van der Waals surface area contributed by atoms with E-state index in [1.54, 1.807) is 0 Å². The van der Waals surface area contributed by atoms with Crippen molar-refractivity contribution >= 4 is 6.03 Å². The lowest BCUT2D eigenvalue weighted by molar-refractivity contribution is 0.235. The van der Waals surface area contributed by atoms with Crippen molar-refractivity contribution in [1.82, 2.24) is 10.6 Å². The number of aliphatic hydroxyl groups is 1. The fraction of sp³-hybridized carbons (Fsp3) is 0.381. The molecule has 2 aliphatic carbocycles. The molecule has 0 saturated heterocycles. The highest BCUT2D eigenvalue weighted by Crippen LogP contribution is 2.47. The molecule has 0 spiro atoms. The number of nitrogens with one attached hydrogen (secondary N) is 2. The zero-order valence-electron chi connectivity index (χ0n) is 14.3. The van der Waals surface area contributed by atoms with E-state index in [0.29, 0.717) is 12.5 Å². The summed E-state index contributed by atoms with van der Waals surface area (Å²) < 4.78 is 0. The zero-order chi connectivity index (χ0) is 17.2. The summed E-state index contributed by atoms with van der Waals surface area (Å²) in [5.41, 5.74) is 6.06. The number of carbonyl (C=O) groups excluding carboxylic acids is 1. The van der Waals surface area contributed by atoms with E-state index in [4.69, 9.17) is 0 Å². The molecule has 0 fully saturated rings. The molecule has 2 aliphatic rings. The maximum atomic E-state index is 12.4. The molecule has 2 aromatic carbocycles. The number of aryl methyl sites for hydroxylation is 1. The molecular formula is C21H24N2O2. The van der Waals surface area contributed by atoms with Crippen LogP contribution in [0.2, 0.25) is 0 Å². The van der Waals surface area contributed by atoms with Gasteiger partial charge in [0.2, 0.25) is 0 Å². The van der Waals surface area contributed by atoms with Crippen molar-refractivity contribution < 1.29 is 9.90 Å². The first-order chi connectivity index (χ1) is 12.3. The Labute approximate surface area is 148 Å². The van der Waals surface area contributed by atoms with Crippen LogP contribution in [0.3, 0.4) is 0 Å². The Morgan fingerprint density at radius 3 is 2.80 bits per heavy atom. The molecule has 4 rings (SSSR count). The van der Waals surface area contributed by atoms with Gasteiger partial charge in [0, 0.05) is 6.54 Å². The molecule has 4 nitrogen and oxygen atoms in total. The molecule has 4 heteroatoms. The van der Waals surface area contributed by atoms with Crippen LogP contribution in [-0.4, -0.2) is 11.1 Å². The van der Waals surface area contributed by atoms with Crippen LogP contribution in [0.1, 0.15) is 59.0 Å². The topological polar surface area (TPSA) is 61.4 Å². The summed E-state index contributed by atoms with van der Waals surface area (Å²) in [5, 5.41) is 15.5. The van der Waals surface area contributed by atoms with Crippen LogP contribution in [0.4, 0.5) is 4.79 Å². The van der Waals surface area contributed by atoms with E-state index in [9.17, 15) is 9.90 Å². The minimum absolute atomic E-state index is 0.0140. The summed E-state index contributed by atoms with van der Waals surface area (Å²) in [6.45, 7) is 0.408. The summed E-state index contributed by atoms with van der Waals surface area (Å²) >= 11 is 0. The van der Waals surface area contributed by atoms with Gasteiger partial charge in [-0.15, -0.1) is 0 Å². The Bertz CT molecular complexity index is 787. The van der Waals surface area contributed by atoms with Crippen LogP contribution >= 0.6 is 0 Å². The predicted molar refractivity (Wildman–Crippen MR) is 97.2 cm³/mol. The van der Waals surface area contributed by atoms with Gasteiger partial charge in [-0.2, -0.15) is 0 Å². The van der Waals surface area contributed by atoms with Gasteiger partial charge >= 0.3 is 6.03 Å². The number of hydrogen-bond acceptors (Lipinski definition) is 2. The fourth-order valence-electron chi connectivity index (χ4n) is 4.39. The molecule has 2 atom stereocenters. The van der Waals surface area contributed by atoms with E-state index in [1.807, 2.05) is 24.3 Å². The average Bonchev–Trinajstić information content (AvgIpc) is 3.00. The molecular weight excluding hydrogens is 312 g/mol. The predicted octanol–water partition coefficient (Wildman–Crippen LogP) is 3.54. The largest absolute Gasteiger partial charge is 0.392 e. The number of carbonyl (C=O) groups is 1. The van der Waals surface area contributed by atoms with Crippen LogP contribution in [0.25, 0.3) is 0 Å². The summed E-state index contributed by atoms with van der Waals surface area (Å²) in [6, 6.07) is 14.1. The van der Waals surface area contributed by atoms with Crippen molar-refractivity contribution in [1.29, 1.82) is 0 Å². The molecule has 25 heavy (non-hydrogen) atoms. The second kappa shape index (κ2) is 6.89. The molecule has 2 aromatic rings. The molecule has 2 unspecified atom stereocenters. The SMILES string of the molecule is O=C(NCc1ccccc1CO)NC1CC2CCCc3cccc1c32. The highest BCUT2D eigenvalue weighted by molar-refractivity contribution is 5.75. The van der Waals surface area contributed by atoms with Crippen molar-refractivity contribution in [2.45, 2.75) is 50.8 Å². The number of amides is 2. The second-order valence-electron chi connectivity index (χ2n) is 7.05. The van der Waals surface area contributed by atoms with Gasteiger partial charge in [-0.05, 0) is 59.4 Å². The highest BCUT2D eigenvalue weighted by Gasteiger charge is 2.35. The first-order valence-corrected chi connectivity index (χ1v) is 9.10. The quantitative estimate of drug-likeness (QED) is 0.800. The van der Waals surface area contributed by atoms with Gasteiger partial charge in [-0.1, -0.05) is 42.5 Å². The number of hydrogen-bond donors (Lipinski definition) is 3. The zero-order valence-corrected chi connectivity index (χ0v) is 14.3. The molecule has 3 N–H and O–H groups in total. The van der Waals surface area contributed by atoms with E-state index >= 15 is 0 Å². The first kappa shape index (κ1) is 16.2. The van der Waals surface area contributed by atoms with E-state index in [0.717, 1.165) is 24.0 Å². The Kier molecular flexibility index (Phi) is 4.45. The van der Waals surface area contributed by atoms with Crippen LogP contribution in [0.5, 0.6) is 0 Å². The van der Waals surface area contributed by atoms with E-state index in [1.165, 1.54) is 29.5 Å². The molecule has 0 saturated carbocycles.